The molecule has 9 heteroatoms. The van der Waals surface area contributed by atoms with Crippen molar-refractivity contribution in [3.8, 4) is 22.6 Å². The number of ether oxygens (including phenoxy) is 2. The van der Waals surface area contributed by atoms with Crippen LogP contribution in [0.15, 0.2) is 64.1 Å². The molecule has 1 atom stereocenters. The van der Waals surface area contributed by atoms with Crippen molar-refractivity contribution >= 4 is 61.2 Å². The fourth-order valence-corrected chi connectivity index (χ4v) is 4.89. The lowest BCUT2D eigenvalue weighted by atomic mass is 10.0. The van der Waals surface area contributed by atoms with E-state index in [4.69, 9.17) is 14.6 Å². The molecule has 2 N–H and O–H groups in total. The van der Waals surface area contributed by atoms with Crippen LogP contribution in [-0.4, -0.2) is 40.9 Å². The third kappa shape index (κ3) is 4.49. The second-order valence-electron chi connectivity index (χ2n) is 7.73. The highest BCUT2D eigenvalue weighted by atomic mass is 79.9. The smallest absolute Gasteiger partial charge is 0.328 e. The van der Waals surface area contributed by atoms with Crippen LogP contribution in [0.1, 0.15) is 12.5 Å². The Kier molecular flexibility index (Phi) is 6.21. The number of fused-ring (bicyclic) bond motifs is 2. The SMILES string of the molecule is CC(N=Cc1ccc2snc(Nc3cccc(-c4ccc5c(c4)OCCO5)c3Br)c2c1)C(=O)O. The molecule has 0 spiro atoms. The van der Waals surface area contributed by atoms with Crippen LogP contribution < -0.4 is 14.8 Å². The van der Waals surface area contributed by atoms with Crippen LogP contribution in [0.25, 0.3) is 21.2 Å². The molecule has 0 aliphatic carbocycles. The quantitative estimate of drug-likeness (QED) is 0.287. The number of aromatic nitrogens is 1. The highest BCUT2D eigenvalue weighted by Gasteiger charge is 2.16. The van der Waals surface area contributed by atoms with Crippen LogP contribution in [0.2, 0.25) is 0 Å². The molecular formula is C25H20BrN3O4S. The van der Waals surface area contributed by atoms with E-state index in [9.17, 15) is 4.79 Å². The normalized spacial score (nSPS) is 13.8. The first-order valence-corrected chi connectivity index (χ1v) is 12.2. The molecule has 7 nitrogen and oxygen atoms in total. The largest absolute Gasteiger partial charge is 0.486 e. The van der Waals surface area contributed by atoms with Gasteiger partial charge < -0.3 is 19.9 Å². The van der Waals surface area contributed by atoms with Crippen molar-refractivity contribution in [3.63, 3.8) is 0 Å². The molecule has 0 bridgehead atoms. The maximum absolute atomic E-state index is 11.0. The van der Waals surface area contributed by atoms with Crippen LogP contribution in [0, 0.1) is 0 Å². The summed E-state index contributed by atoms with van der Waals surface area (Å²) in [5, 5.41) is 13.4. The van der Waals surface area contributed by atoms with Crippen molar-refractivity contribution in [2.24, 2.45) is 4.99 Å². The van der Waals surface area contributed by atoms with E-state index in [1.54, 1.807) is 13.1 Å². The molecule has 0 amide bonds. The molecular weight excluding hydrogens is 518 g/mol. The third-order valence-corrected chi connectivity index (χ3v) is 7.08. The van der Waals surface area contributed by atoms with Gasteiger partial charge in [-0.2, -0.15) is 4.37 Å². The van der Waals surface area contributed by atoms with Crippen LogP contribution >= 0.6 is 27.5 Å². The number of halogens is 1. The lowest BCUT2D eigenvalue weighted by Crippen LogP contribution is -2.15. The zero-order chi connectivity index (χ0) is 23.7. The lowest BCUT2D eigenvalue weighted by Gasteiger charge is -2.19. The predicted molar refractivity (Wildman–Crippen MR) is 138 cm³/mol. The topological polar surface area (TPSA) is 93.0 Å². The number of hydrogen-bond acceptors (Lipinski definition) is 7. The number of rotatable bonds is 6. The minimum absolute atomic E-state index is 0.540. The number of benzene rings is 3. The first-order valence-electron chi connectivity index (χ1n) is 10.6. The minimum atomic E-state index is -0.959. The molecule has 34 heavy (non-hydrogen) atoms. The van der Waals surface area contributed by atoms with Crippen molar-refractivity contribution in [1.82, 2.24) is 4.37 Å². The Bertz CT molecular complexity index is 1420. The second kappa shape index (κ2) is 9.44. The number of carbonyl (C=O) groups is 1. The molecule has 0 saturated heterocycles. The molecule has 3 aromatic carbocycles. The second-order valence-corrected chi connectivity index (χ2v) is 9.33. The number of carboxylic acid groups (broad SMARTS) is 1. The minimum Gasteiger partial charge on any atom is -0.486 e. The molecule has 1 aliphatic rings. The van der Waals surface area contributed by atoms with Crippen molar-refractivity contribution in [2.45, 2.75) is 13.0 Å². The number of carboxylic acids is 1. The van der Waals surface area contributed by atoms with Gasteiger partial charge in [-0.25, -0.2) is 4.79 Å². The maximum atomic E-state index is 11.0. The Balaban J connectivity index is 1.45. The van der Waals surface area contributed by atoms with E-state index in [1.165, 1.54) is 11.5 Å². The lowest BCUT2D eigenvalue weighted by molar-refractivity contribution is -0.137. The Morgan fingerprint density at radius 2 is 2.00 bits per heavy atom. The number of nitrogens with zero attached hydrogens (tertiary/aromatic N) is 2. The van der Waals surface area contributed by atoms with Gasteiger partial charge in [-0.1, -0.05) is 24.3 Å². The third-order valence-electron chi connectivity index (χ3n) is 5.40. The summed E-state index contributed by atoms with van der Waals surface area (Å²) >= 11 is 5.15. The van der Waals surface area contributed by atoms with Gasteiger partial charge in [-0.3, -0.25) is 4.99 Å². The highest BCUT2D eigenvalue weighted by molar-refractivity contribution is 9.10. The highest BCUT2D eigenvalue weighted by Crippen LogP contribution is 2.40. The average Bonchev–Trinajstić information content (AvgIpc) is 3.25. The van der Waals surface area contributed by atoms with Crippen LogP contribution in [0.3, 0.4) is 0 Å². The van der Waals surface area contributed by atoms with Crippen LogP contribution in [0.4, 0.5) is 11.5 Å². The molecule has 172 valence electrons. The number of anilines is 2. The summed E-state index contributed by atoms with van der Waals surface area (Å²) in [5.41, 5.74) is 3.71. The number of hydrogen-bond donors (Lipinski definition) is 2. The van der Waals surface area contributed by atoms with Crippen molar-refractivity contribution < 1.29 is 19.4 Å². The molecule has 1 aliphatic heterocycles. The van der Waals surface area contributed by atoms with E-state index in [0.717, 1.165) is 54.3 Å². The zero-order valence-corrected chi connectivity index (χ0v) is 20.5. The van der Waals surface area contributed by atoms with Gasteiger partial charge in [0.25, 0.3) is 0 Å². The summed E-state index contributed by atoms with van der Waals surface area (Å²) in [6.07, 6.45) is 1.58. The van der Waals surface area contributed by atoms with Gasteiger partial charge in [-0.15, -0.1) is 0 Å². The molecule has 5 rings (SSSR count). The monoisotopic (exact) mass is 537 g/mol. The number of nitrogens with one attached hydrogen (secondary N) is 1. The Hall–Kier alpha value is -3.43. The molecule has 2 heterocycles. The van der Waals surface area contributed by atoms with Crippen molar-refractivity contribution in [1.29, 1.82) is 0 Å². The van der Waals surface area contributed by atoms with Gasteiger partial charge in [0, 0.05) is 16.1 Å². The molecule has 0 saturated carbocycles. The van der Waals surface area contributed by atoms with E-state index in [0.29, 0.717) is 13.2 Å². The first-order chi connectivity index (χ1) is 16.5. The Morgan fingerprint density at radius 3 is 2.82 bits per heavy atom. The number of aliphatic imine (C=N–C) groups is 1. The zero-order valence-electron chi connectivity index (χ0n) is 18.1. The van der Waals surface area contributed by atoms with E-state index < -0.39 is 12.0 Å². The molecule has 0 radical (unpaired) electrons. The standard InChI is InChI=1S/C25H20BrN3O4S/c1-14(25(30)31)27-13-15-5-8-22-18(11-15)24(29-34-22)28-19-4-2-3-17(23(19)26)16-6-7-20-21(12-16)33-10-9-32-20/h2-8,11-14H,9-10H2,1H3,(H,28,29)(H,30,31). The molecule has 0 fully saturated rings. The average molecular weight is 538 g/mol. The summed E-state index contributed by atoms with van der Waals surface area (Å²) in [6.45, 7) is 2.64. The fraction of sp³-hybridized carbons (Fsp3) is 0.160. The summed E-state index contributed by atoms with van der Waals surface area (Å²) in [4.78, 5) is 15.1. The van der Waals surface area contributed by atoms with Gasteiger partial charge in [0.05, 0.1) is 10.4 Å². The van der Waals surface area contributed by atoms with Gasteiger partial charge >= 0.3 is 5.97 Å². The summed E-state index contributed by atoms with van der Waals surface area (Å²) in [7, 11) is 0. The van der Waals surface area contributed by atoms with E-state index >= 15 is 0 Å². The number of aliphatic carboxylic acids is 1. The summed E-state index contributed by atoms with van der Waals surface area (Å²) in [5.74, 6) is 1.26. The van der Waals surface area contributed by atoms with Gasteiger partial charge in [0.2, 0.25) is 0 Å². The van der Waals surface area contributed by atoms with Crippen molar-refractivity contribution in [3.05, 3.63) is 64.6 Å². The van der Waals surface area contributed by atoms with E-state index in [1.807, 2.05) is 54.6 Å². The Labute approximate surface area is 208 Å². The van der Waals surface area contributed by atoms with Crippen molar-refractivity contribution in [2.75, 3.05) is 18.5 Å². The van der Waals surface area contributed by atoms with Gasteiger partial charge in [0.1, 0.15) is 19.3 Å². The van der Waals surface area contributed by atoms with Gasteiger partial charge in [-0.05, 0) is 81.4 Å². The summed E-state index contributed by atoms with van der Waals surface area (Å²) in [6, 6.07) is 17.0. The molecule has 1 unspecified atom stereocenters. The molecule has 4 aromatic rings. The van der Waals surface area contributed by atoms with E-state index in [2.05, 4.69) is 30.6 Å². The summed E-state index contributed by atoms with van der Waals surface area (Å²) < 4.78 is 17.9. The van der Waals surface area contributed by atoms with Gasteiger partial charge in [0.15, 0.2) is 17.3 Å². The maximum Gasteiger partial charge on any atom is 0.328 e. The first kappa shape index (κ1) is 22.4. The van der Waals surface area contributed by atoms with E-state index in [-0.39, 0.29) is 0 Å². The van der Waals surface area contributed by atoms with Crippen LogP contribution in [-0.2, 0) is 4.79 Å². The molecule has 1 aromatic heterocycles. The Morgan fingerprint density at radius 1 is 1.18 bits per heavy atom. The predicted octanol–water partition coefficient (Wildman–Crippen LogP) is 6.13. The van der Waals surface area contributed by atoms with Crippen LogP contribution in [0.5, 0.6) is 11.5 Å². The fourth-order valence-electron chi connectivity index (χ4n) is 3.58.